The van der Waals surface area contributed by atoms with Crippen molar-refractivity contribution in [2.45, 2.75) is 80.1 Å². The van der Waals surface area contributed by atoms with Crippen LogP contribution >= 0.6 is 38.6 Å². The monoisotopic (exact) mass is 1030 g/mol. The van der Waals surface area contributed by atoms with E-state index in [1.165, 1.54) is 82.0 Å². The molecule has 10 aromatic rings. The number of para-hydroxylation sites is 4. The highest BCUT2D eigenvalue weighted by Gasteiger charge is 2.20. The number of nitrogens with one attached hydrogen (secondary N) is 1. The normalized spacial score (nSPS) is 11.4. The van der Waals surface area contributed by atoms with E-state index < -0.39 is 0 Å². The fraction of sp³-hybridized carbons (Fsp3) is 0.188. The van der Waals surface area contributed by atoms with E-state index in [4.69, 9.17) is 5.73 Å². The van der Waals surface area contributed by atoms with Gasteiger partial charge in [-0.1, -0.05) is 139 Å². The number of nitrogens with zero attached hydrogens (tertiary/aromatic N) is 2. The number of halogens is 1. The molecule has 7 heteroatoms. The van der Waals surface area contributed by atoms with Gasteiger partial charge in [0.2, 0.25) is 0 Å². The maximum absolute atomic E-state index is 5.57. The summed E-state index contributed by atoms with van der Waals surface area (Å²) in [7, 11) is 0. The third-order valence-electron chi connectivity index (χ3n) is 12.8. The molecule has 0 saturated carbocycles. The number of hydrogen-bond acceptors (Lipinski definition) is 6. The van der Waals surface area contributed by atoms with Crippen molar-refractivity contribution in [2.24, 2.45) is 0 Å². The standard InChI is InChI=1S/C32H32N2S.C22H18BrNS.C10H15N/c1-22-10-6-8-12-29(22)34(30-13-9-7-11-23(30)2)26-18-19-31-27(20-26)28(21-35-31)33-25-16-14-24(15-17-25)32(3,4)5;1-15-7-3-5-9-20(15)24(21-10-6-4-8-16(21)2)17-11-12-22-18(13-17)19(23)14-25-22;1-10(2,3)8-4-6-9(11)7-5-8/h6-21,33H,1-5H3;3-14H,1-2H3;4-7H,11H2,1-3H3. The summed E-state index contributed by atoms with van der Waals surface area (Å²) in [5.41, 5.74) is 23.9. The van der Waals surface area contributed by atoms with Crippen molar-refractivity contribution in [1.29, 1.82) is 0 Å². The first-order valence-electron chi connectivity index (χ1n) is 24.2. The van der Waals surface area contributed by atoms with Crippen LogP contribution in [0.5, 0.6) is 0 Å². The molecule has 0 radical (unpaired) electrons. The minimum absolute atomic E-state index is 0.150. The van der Waals surface area contributed by atoms with Crippen LogP contribution in [0.2, 0.25) is 0 Å². The summed E-state index contributed by atoms with van der Waals surface area (Å²) in [5, 5.41) is 10.5. The first kappa shape index (κ1) is 50.7. The molecule has 3 N–H and O–H groups in total. The lowest BCUT2D eigenvalue weighted by Crippen LogP contribution is -2.12. The van der Waals surface area contributed by atoms with Gasteiger partial charge in [0.25, 0.3) is 0 Å². The smallest absolute Gasteiger partial charge is 0.0573 e. The van der Waals surface area contributed by atoms with Gasteiger partial charge in [-0.3, -0.25) is 0 Å². The average molecular weight is 1030 g/mol. The van der Waals surface area contributed by atoms with Crippen LogP contribution in [0.4, 0.5) is 51.2 Å². The third-order valence-corrected chi connectivity index (χ3v) is 15.7. The number of nitrogen functional groups attached to an aromatic ring is 1. The molecule has 0 fully saturated rings. The number of anilines is 9. The van der Waals surface area contributed by atoms with Gasteiger partial charge < -0.3 is 20.9 Å². The number of rotatable bonds is 8. The molecule has 0 aliphatic carbocycles. The van der Waals surface area contributed by atoms with E-state index in [2.05, 4.69) is 281 Å². The van der Waals surface area contributed by atoms with Gasteiger partial charge in [0.15, 0.2) is 0 Å². The van der Waals surface area contributed by atoms with Crippen molar-refractivity contribution in [2.75, 3.05) is 20.9 Å². The Bertz CT molecular complexity index is 3300. The van der Waals surface area contributed by atoms with E-state index in [0.29, 0.717) is 0 Å². The Hall–Kier alpha value is -6.64. The van der Waals surface area contributed by atoms with Gasteiger partial charge in [-0.05, 0) is 173 Å². The van der Waals surface area contributed by atoms with E-state index in [1.54, 1.807) is 22.7 Å². The largest absolute Gasteiger partial charge is 0.399 e. The lowest BCUT2D eigenvalue weighted by molar-refractivity contribution is 0.590. The van der Waals surface area contributed by atoms with Gasteiger partial charge in [0.05, 0.1) is 5.69 Å². The maximum Gasteiger partial charge on any atom is 0.0573 e. The van der Waals surface area contributed by atoms with Crippen LogP contribution in [0.15, 0.2) is 197 Å². The highest BCUT2D eigenvalue weighted by Crippen LogP contribution is 2.44. The van der Waals surface area contributed by atoms with Crippen molar-refractivity contribution < 1.29 is 0 Å². The molecular weight excluding hydrogens is 969 g/mol. The molecule has 2 heterocycles. The number of fused-ring (bicyclic) bond motifs is 2. The Morgan fingerprint density at radius 3 is 1.21 bits per heavy atom. The van der Waals surface area contributed by atoms with Crippen LogP contribution in [0.1, 0.15) is 74.9 Å². The number of thiophene rings is 2. The summed E-state index contributed by atoms with van der Waals surface area (Å²) in [4.78, 5) is 4.73. The van der Waals surface area contributed by atoms with Gasteiger partial charge in [-0.15, -0.1) is 22.7 Å². The third kappa shape index (κ3) is 11.9. The molecule has 0 bridgehead atoms. The predicted molar refractivity (Wildman–Crippen MR) is 318 cm³/mol. The molecule has 360 valence electrons. The van der Waals surface area contributed by atoms with Gasteiger partial charge in [0, 0.05) is 80.9 Å². The molecule has 0 amide bonds. The quantitative estimate of drug-likeness (QED) is 0.149. The second-order valence-electron chi connectivity index (χ2n) is 20.2. The zero-order valence-corrected chi connectivity index (χ0v) is 45.9. The lowest BCUT2D eigenvalue weighted by atomic mass is 9.87. The molecule has 0 unspecified atom stereocenters. The second-order valence-corrected chi connectivity index (χ2v) is 22.9. The highest BCUT2D eigenvalue weighted by atomic mass is 79.9. The number of hydrogen-bond donors (Lipinski definition) is 2. The summed E-state index contributed by atoms with van der Waals surface area (Å²) in [5.74, 6) is 0. The molecule has 10 rings (SSSR count). The van der Waals surface area contributed by atoms with Crippen molar-refractivity contribution in [3.05, 3.63) is 231 Å². The van der Waals surface area contributed by atoms with Crippen molar-refractivity contribution in [3.8, 4) is 0 Å². The number of nitrogens with two attached hydrogens (primary N) is 1. The lowest BCUT2D eigenvalue weighted by Gasteiger charge is -2.28. The SMILES string of the molecule is CC(C)(C)c1ccc(N)cc1.Cc1ccccc1N(c1ccc2scc(Br)c2c1)c1ccccc1C.Cc1ccccc1N(c1ccc2scc(Nc3ccc(C(C)(C)C)cc3)c2c1)c1ccccc1C. The summed E-state index contributed by atoms with van der Waals surface area (Å²) >= 11 is 7.23. The Morgan fingerprint density at radius 1 is 0.437 bits per heavy atom. The van der Waals surface area contributed by atoms with Gasteiger partial charge in [0.1, 0.15) is 0 Å². The maximum atomic E-state index is 5.57. The minimum atomic E-state index is 0.150. The highest BCUT2D eigenvalue weighted by molar-refractivity contribution is 9.10. The average Bonchev–Trinajstić information content (AvgIpc) is 3.93. The first-order chi connectivity index (χ1) is 34.0. The summed E-state index contributed by atoms with van der Waals surface area (Å²) in [6.45, 7) is 22.0. The van der Waals surface area contributed by atoms with Gasteiger partial charge in [-0.2, -0.15) is 0 Å². The van der Waals surface area contributed by atoms with Crippen LogP contribution in [0.3, 0.4) is 0 Å². The van der Waals surface area contributed by atoms with Crippen molar-refractivity contribution in [3.63, 3.8) is 0 Å². The topological polar surface area (TPSA) is 44.5 Å². The summed E-state index contributed by atoms with van der Waals surface area (Å²) in [6, 6.07) is 64.6. The molecule has 0 aliphatic rings. The molecule has 0 aliphatic heterocycles. The summed E-state index contributed by atoms with van der Waals surface area (Å²) in [6.07, 6.45) is 0. The Kier molecular flexibility index (Phi) is 15.6. The van der Waals surface area contributed by atoms with Crippen LogP contribution < -0.4 is 20.9 Å². The van der Waals surface area contributed by atoms with E-state index in [1.807, 2.05) is 12.1 Å². The molecular formula is C64H65BrN4S2. The molecule has 71 heavy (non-hydrogen) atoms. The molecule has 0 spiro atoms. The van der Waals surface area contributed by atoms with E-state index in [0.717, 1.165) is 27.2 Å². The molecule has 0 atom stereocenters. The Labute approximate surface area is 438 Å². The fourth-order valence-corrected chi connectivity index (χ4v) is 11.1. The van der Waals surface area contributed by atoms with Gasteiger partial charge in [-0.25, -0.2) is 0 Å². The molecule has 4 nitrogen and oxygen atoms in total. The van der Waals surface area contributed by atoms with Crippen LogP contribution in [0, 0.1) is 27.7 Å². The van der Waals surface area contributed by atoms with Gasteiger partial charge >= 0.3 is 0 Å². The van der Waals surface area contributed by atoms with Crippen molar-refractivity contribution in [1.82, 2.24) is 0 Å². The minimum Gasteiger partial charge on any atom is -0.399 e. The molecule has 2 aromatic heterocycles. The summed E-state index contributed by atoms with van der Waals surface area (Å²) < 4.78 is 3.73. The zero-order valence-electron chi connectivity index (χ0n) is 42.6. The van der Waals surface area contributed by atoms with E-state index >= 15 is 0 Å². The van der Waals surface area contributed by atoms with E-state index in [-0.39, 0.29) is 10.8 Å². The predicted octanol–water partition coefficient (Wildman–Crippen LogP) is 20.3. The van der Waals surface area contributed by atoms with E-state index in [9.17, 15) is 0 Å². The van der Waals surface area contributed by atoms with Crippen LogP contribution in [-0.4, -0.2) is 0 Å². The Morgan fingerprint density at radius 2 is 0.803 bits per heavy atom. The fourth-order valence-electron chi connectivity index (χ4n) is 8.64. The molecule has 0 saturated heterocycles. The van der Waals surface area contributed by atoms with Crippen LogP contribution in [-0.2, 0) is 10.8 Å². The van der Waals surface area contributed by atoms with Crippen molar-refractivity contribution >= 4 is 110 Å². The zero-order chi connectivity index (χ0) is 50.5. The Balaban J connectivity index is 0.000000163. The molecule has 8 aromatic carbocycles. The first-order valence-corrected chi connectivity index (χ1v) is 26.8. The van der Waals surface area contributed by atoms with Crippen LogP contribution in [0.25, 0.3) is 20.2 Å². The number of aryl methyl sites for hydroxylation is 4. The second kappa shape index (κ2) is 21.8. The number of benzene rings is 8.